The number of amidine groups is 1. The van der Waals surface area contributed by atoms with E-state index < -0.39 is 0 Å². The first-order chi connectivity index (χ1) is 12.5. The van der Waals surface area contributed by atoms with Crippen molar-refractivity contribution in [1.82, 2.24) is 15.3 Å². The molecule has 1 aromatic carbocycles. The van der Waals surface area contributed by atoms with Crippen molar-refractivity contribution in [3.8, 4) is 11.1 Å². The summed E-state index contributed by atoms with van der Waals surface area (Å²) in [5.41, 5.74) is 8.04. The third-order valence-corrected chi connectivity index (χ3v) is 3.68. The molecule has 5 N–H and O–H groups in total. The highest BCUT2D eigenvalue weighted by Crippen LogP contribution is 2.20. The second-order valence-corrected chi connectivity index (χ2v) is 5.76. The van der Waals surface area contributed by atoms with Crippen LogP contribution in [0.2, 0.25) is 0 Å². The molecule has 0 aliphatic carbocycles. The molecule has 26 heavy (non-hydrogen) atoms. The van der Waals surface area contributed by atoms with Gasteiger partial charge in [-0.25, -0.2) is 9.97 Å². The first-order valence-corrected chi connectivity index (χ1v) is 8.18. The molecule has 1 amide bonds. The highest BCUT2D eigenvalue weighted by molar-refractivity contribution is 5.98. The van der Waals surface area contributed by atoms with Crippen molar-refractivity contribution in [1.29, 1.82) is 5.41 Å². The van der Waals surface area contributed by atoms with Gasteiger partial charge in [0.25, 0.3) is 0 Å². The van der Waals surface area contributed by atoms with Crippen molar-refractivity contribution in [3.05, 3.63) is 42.2 Å². The lowest BCUT2D eigenvalue weighted by Gasteiger charge is -2.07. The average Bonchev–Trinajstić information content (AvgIpc) is 2.64. The maximum atomic E-state index is 11.7. The molecule has 0 aliphatic rings. The minimum atomic E-state index is -0.148. The van der Waals surface area contributed by atoms with E-state index >= 15 is 0 Å². The van der Waals surface area contributed by atoms with Gasteiger partial charge in [0.15, 0.2) is 0 Å². The van der Waals surface area contributed by atoms with Crippen molar-refractivity contribution < 1.29 is 9.59 Å². The van der Waals surface area contributed by atoms with Crippen LogP contribution in [0.25, 0.3) is 11.1 Å². The number of carbonyl (C=O) groups is 2. The number of likely N-dealkylation sites (N-methyl/N-ethyl adjacent to an activating group) is 1. The Kier molecular flexibility index (Phi) is 6.78. The van der Waals surface area contributed by atoms with E-state index in [1.807, 2.05) is 24.3 Å². The van der Waals surface area contributed by atoms with Crippen LogP contribution in [0.1, 0.15) is 18.4 Å². The Morgan fingerprint density at radius 2 is 1.92 bits per heavy atom. The number of aromatic nitrogens is 2. The topological polar surface area (TPSA) is 134 Å². The Labute approximate surface area is 151 Å². The number of nitrogens with one attached hydrogen (secondary N) is 3. The van der Waals surface area contributed by atoms with Gasteiger partial charge in [0, 0.05) is 31.4 Å². The van der Waals surface area contributed by atoms with Crippen LogP contribution in [-0.2, 0) is 16.0 Å². The smallest absolute Gasteiger partial charge is 0.239 e. The monoisotopic (exact) mass is 354 g/mol. The van der Waals surface area contributed by atoms with Gasteiger partial charge < -0.3 is 16.4 Å². The van der Waals surface area contributed by atoms with Crippen LogP contribution < -0.4 is 16.4 Å². The molecular weight excluding hydrogens is 332 g/mol. The second kappa shape index (κ2) is 9.26. The number of aryl methyl sites for hydroxylation is 1. The van der Waals surface area contributed by atoms with Crippen molar-refractivity contribution in [2.24, 2.45) is 5.73 Å². The number of nitrogens with two attached hydrogens (primary N) is 1. The zero-order valence-corrected chi connectivity index (χ0v) is 14.6. The van der Waals surface area contributed by atoms with Gasteiger partial charge in [-0.1, -0.05) is 24.3 Å². The van der Waals surface area contributed by atoms with E-state index in [0.717, 1.165) is 16.7 Å². The molecule has 136 valence electrons. The quantitative estimate of drug-likeness (QED) is 0.394. The Morgan fingerprint density at radius 1 is 1.19 bits per heavy atom. The number of ketones is 1. The molecule has 0 aliphatic heterocycles. The zero-order chi connectivity index (χ0) is 18.9. The zero-order valence-electron chi connectivity index (χ0n) is 14.6. The summed E-state index contributed by atoms with van der Waals surface area (Å²) in [6, 6.07) is 7.79. The van der Waals surface area contributed by atoms with Crippen LogP contribution in [0, 0.1) is 5.41 Å². The van der Waals surface area contributed by atoms with Crippen LogP contribution >= 0.6 is 0 Å². The molecule has 0 spiro atoms. The molecule has 0 fully saturated rings. The van der Waals surface area contributed by atoms with E-state index in [-0.39, 0.29) is 30.5 Å². The SMILES string of the molecule is CNC(=O)CNc1ncc(-c2cccc(CCC(=O)CC(=N)N)c2)cn1. The molecular formula is C18H22N6O2. The lowest BCUT2D eigenvalue weighted by Crippen LogP contribution is -2.26. The summed E-state index contributed by atoms with van der Waals surface area (Å²) < 4.78 is 0. The Hall–Kier alpha value is -3.29. The van der Waals surface area contributed by atoms with Gasteiger partial charge in [-0.2, -0.15) is 0 Å². The average molecular weight is 354 g/mol. The summed E-state index contributed by atoms with van der Waals surface area (Å²) >= 11 is 0. The summed E-state index contributed by atoms with van der Waals surface area (Å²) in [5.74, 6) is 0.0804. The summed E-state index contributed by atoms with van der Waals surface area (Å²) in [7, 11) is 1.56. The summed E-state index contributed by atoms with van der Waals surface area (Å²) in [6.45, 7) is 0.111. The maximum Gasteiger partial charge on any atom is 0.239 e. The number of Topliss-reactive ketones (excluding diaryl/α,β-unsaturated/α-hetero) is 1. The molecule has 0 saturated carbocycles. The molecule has 0 saturated heterocycles. The fourth-order valence-electron chi connectivity index (χ4n) is 2.31. The van der Waals surface area contributed by atoms with Gasteiger partial charge >= 0.3 is 0 Å². The fraction of sp³-hybridized carbons (Fsp3) is 0.278. The van der Waals surface area contributed by atoms with Crippen molar-refractivity contribution in [2.75, 3.05) is 18.9 Å². The molecule has 2 aromatic rings. The summed E-state index contributed by atoms with van der Waals surface area (Å²) in [6.07, 6.45) is 4.30. The number of nitrogens with zero attached hydrogens (tertiary/aromatic N) is 2. The molecule has 0 radical (unpaired) electrons. The number of rotatable bonds is 9. The van der Waals surface area contributed by atoms with E-state index in [1.165, 1.54) is 0 Å². The van der Waals surface area contributed by atoms with Crippen LogP contribution in [0.15, 0.2) is 36.7 Å². The molecule has 1 heterocycles. The van der Waals surface area contributed by atoms with Crippen LogP contribution in [0.4, 0.5) is 5.95 Å². The lowest BCUT2D eigenvalue weighted by atomic mass is 10.0. The number of hydrogen-bond donors (Lipinski definition) is 4. The van der Waals surface area contributed by atoms with Crippen molar-refractivity contribution in [2.45, 2.75) is 19.3 Å². The minimum absolute atomic E-state index is 0.00194. The Bertz CT molecular complexity index is 789. The highest BCUT2D eigenvalue weighted by Gasteiger charge is 2.06. The number of carbonyl (C=O) groups excluding carboxylic acids is 2. The first-order valence-electron chi connectivity index (χ1n) is 8.18. The van der Waals surface area contributed by atoms with Crippen LogP contribution in [0.5, 0.6) is 0 Å². The maximum absolute atomic E-state index is 11.7. The standard InChI is InChI=1S/C18H22N6O2/c1-21-17(26)11-24-18-22-9-14(10-23-18)13-4-2-3-12(7-13)5-6-15(25)8-16(19)20/h2-4,7,9-10H,5-6,8,11H2,1H3,(H3,19,20)(H,21,26)(H,22,23,24). The van der Waals surface area contributed by atoms with Crippen LogP contribution in [0.3, 0.4) is 0 Å². The van der Waals surface area contributed by atoms with E-state index in [0.29, 0.717) is 18.8 Å². The van der Waals surface area contributed by atoms with Gasteiger partial charge in [-0.3, -0.25) is 15.0 Å². The third-order valence-electron chi connectivity index (χ3n) is 3.68. The minimum Gasteiger partial charge on any atom is -0.387 e. The Balaban J connectivity index is 1.99. The van der Waals surface area contributed by atoms with E-state index in [2.05, 4.69) is 20.6 Å². The van der Waals surface area contributed by atoms with E-state index in [4.69, 9.17) is 11.1 Å². The van der Waals surface area contributed by atoms with E-state index in [1.54, 1.807) is 19.4 Å². The van der Waals surface area contributed by atoms with Gasteiger partial charge in [-0.15, -0.1) is 0 Å². The molecule has 0 unspecified atom stereocenters. The molecule has 8 nitrogen and oxygen atoms in total. The Morgan fingerprint density at radius 3 is 2.58 bits per heavy atom. The molecule has 0 atom stereocenters. The lowest BCUT2D eigenvalue weighted by molar-refractivity contribution is -0.119. The molecule has 0 bridgehead atoms. The number of anilines is 1. The van der Waals surface area contributed by atoms with Gasteiger partial charge in [0.2, 0.25) is 11.9 Å². The summed E-state index contributed by atoms with van der Waals surface area (Å²) in [4.78, 5) is 31.3. The van der Waals surface area contributed by atoms with Gasteiger partial charge in [0.1, 0.15) is 5.78 Å². The van der Waals surface area contributed by atoms with E-state index in [9.17, 15) is 9.59 Å². The van der Waals surface area contributed by atoms with Gasteiger partial charge in [-0.05, 0) is 17.5 Å². The predicted molar refractivity (Wildman–Crippen MR) is 99.9 cm³/mol. The molecule has 2 rings (SSSR count). The molecule has 1 aromatic heterocycles. The second-order valence-electron chi connectivity index (χ2n) is 5.76. The van der Waals surface area contributed by atoms with Crippen molar-refractivity contribution >= 4 is 23.5 Å². The van der Waals surface area contributed by atoms with Gasteiger partial charge in [0.05, 0.1) is 18.8 Å². The number of benzene rings is 1. The van der Waals surface area contributed by atoms with Crippen molar-refractivity contribution in [3.63, 3.8) is 0 Å². The predicted octanol–water partition coefficient (Wildman–Crippen LogP) is 1.13. The molecule has 8 heteroatoms. The normalized spacial score (nSPS) is 10.2. The fourth-order valence-corrected chi connectivity index (χ4v) is 2.31. The third kappa shape index (κ3) is 5.97. The summed E-state index contributed by atoms with van der Waals surface area (Å²) in [5, 5.41) is 12.5. The highest BCUT2D eigenvalue weighted by atomic mass is 16.1. The first kappa shape index (κ1) is 19.0. The van der Waals surface area contributed by atoms with Crippen LogP contribution in [-0.4, -0.2) is 41.1 Å². The number of amides is 1. The number of hydrogen-bond acceptors (Lipinski definition) is 6. The largest absolute Gasteiger partial charge is 0.387 e.